The van der Waals surface area contributed by atoms with Crippen LogP contribution in [0.4, 0.5) is 0 Å². The summed E-state index contributed by atoms with van der Waals surface area (Å²) in [6.45, 7) is 6.56. The highest BCUT2D eigenvalue weighted by molar-refractivity contribution is 5.71. The second-order valence-corrected chi connectivity index (χ2v) is 19.5. The van der Waals surface area contributed by atoms with Crippen LogP contribution < -0.4 is 0 Å². The van der Waals surface area contributed by atoms with Crippen LogP contribution in [0.2, 0.25) is 0 Å². The Kier molecular flexibility index (Phi) is 55.3. The molecule has 1 atom stereocenters. The highest BCUT2D eigenvalue weighted by atomic mass is 16.6. The molecule has 0 spiro atoms. The molecule has 1 unspecified atom stereocenters. The molecule has 0 aliphatic heterocycles. The van der Waals surface area contributed by atoms with Crippen LogP contribution in [0.15, 0.2) is 85.1 Å². The second kappa shape index (κ2) is 58.2. The van der Waals surface area contributed by atoms with Gasteiger partial charge in [-0.2, -0.15) is 0 Å². The van der Waals surface area contributed by atoms with Gasteiger partial charge in [0.15, 0.2) is 6.10 Å². The number of esters is 3. The molecule has 0 aromatic carbocycles. The summed E-state index contributed by atoms with van der Waals surface area (Å²) in [6, 6.07) is 0. The van der Waals surface area contributed by atoms with Gasteiger partial charge in [0, 0.05) is 19.3 Å². The smallest absolute Gasteiger partial charge is 0.306 e. The van der Waals surface area contributed by atoms with Crippen molar-refractivity contribution >= 4 is 17.9 Å². The minimum absolute atomic E-state index is 0.0912. The summed E-state index contributed by atoms with van der Waals surface area (Å²) in [5.74, 6) is -0.917. The van der Waals surface area contributed by atoms with E-state index in [2.05, 4.69) is 106 Å². The fraction of sp³-hybridized carbons (Fsp3) is 0.734. The molecule has 0 aromatic rings. The summed E-state index contributed by atoms with van der Waals surface area (Å²) in [5.41, 5.74) is 0. The molecular weight excluding hydrogens is 865 g/mol. The van der Waals surface area contributed by atoms with Crippen LogP contribution in [-0.2, 0) is 28.6 Å². The van der Waals surface area contributed by atoms with Gasteiger partial charge in [-0.25, -0.2) is 0 Å². The predicted molar refractivity (Wildman–Crippen MR) is 302 cm³/mol. The van der Waals surface area contributed by atoms with Crippen molar-refractivity contribution in [1.29, 1.82) is 0 Å². The number of hydrogen-bond acceptors (Lipinski definition) is 6. The first-order chi connectivity index (χ1) is 34.5. The lowest BCUT2D eigenvalue weighted by molar-refractivity contribution is -0.167. The molecule has 0 aromatic heterocycles. The lowest BCUT2D eigenvalue weighted by atomic mass is 10.1. The van der Waals surface area contributed by atoms with Crippen LogP contribution in [-0.4, -0.2) is 37.2 Å². The van der Waals surface area contributed by atoms with Crippen LogP contribution in [0.3, 0.4) is 0 Å². The zero-order valence-electron chi connectivity index (χ0n) is 46.0. The zero-order valence-corrected chi connectivity index (χ0v) is 46.0. The summed E-state index contributed by atoms with van der Waals surface area (Å²) in [4.78, 5) is 38.2. The van der Waals surface area contributed by atoms with E-state index in [-0.39, 0.29) is 31.1 Å². The van der Waals surface area contributed by atoms with Crippen molar-refractivity contribution in [2.24, 2.45) is 0 Å². The van der Waals surface area contributed by atoms with Gasteiger partial charge in [-0.3, -0.25) is 14.4 Å². The maximum absolute atomic E-state index is 12.9. The molecule has 0 aliphatic rings. The Balaban J connectivity index is 4.44. The van der Waals surface area contributed by atoms with E-state index in [0.29, 0.717) is 19.3 Å². The van der Waals surface area contributed by atoms with E-state index in [0.717, 1.165) is 116 Å². The first kappa shape index (κ1) is 66.6. The standard InChI is InChI=1S/C64H110O6/c1-4-7-10-13-16-19-22-25-28-31-32-34-36-39-42-45-48-51-54-57-63(66)69-60-61(59-68-62(65)56-53-50-47-44-41-38-35-30-27-24-21-18-15-12-9-6-3)70-64(67)58-55-52-49-46-43-40-37-33-29-26-23-20-17-14-11-8-5-2/h16-17,19-21,24-26,28-30,32,34-35,61H,4-15,18,22-23,27,31,33,36-60H2,1-3H3/b19-16-,20-17-,24-21-,28-25-,29-26-,34-32-,35-30-. The van der Waals surface area contributed by atoms with E-state index in [1.54, 1.807) is 0 Å². The van der Waals surface area contributed by atoms with Gasteiger partial charge in [0.2, 0.25) is 0 Å². The van der Waals surface area contributed by atoms with Gasteiger partial charge in [0.1, 0.15) is 13.2 Å². The Morgan fingerprint density at radius 2 is 0.514 bits per heavy atom. The monoisotopic (exact) mass is 975 g/mol. The van der Waals surface area contributed by atoms with Crippen molar-refractivity contribution in [1.82, 2.24) is 0 Å². The summed E-state index contributed by atoms with van der Waals surface area (Å²) in [7, 11) is 0. The highest BCUT2D eigenvalue weighted by Crippen LogP contribution is 2.14. The van der Waals surface area contributed by atoms with Gasteiger partial charge < -0.3 is 14.2 Å². The molecule has 0 saturated carbocycles. The van der Waals surface area contributed by atoms with E-state index >= 15 is 0 Å². The molecule has 402 valence electrons. The minimum atomic E-state index is -0.794. The number of ether oxygens (including phenoxy) is 3. The van der Waals surface area contributed by atoms with Crippen molar-refractivity contribution in [2.45, 2.75) is 290 Å². The summed E-state index contributed by atoms with van der Waals surface area (Å²) in [6.07, 6.45) is 75.6. The molecule has 0 aliphatic carbocycles. The van der Waals surface area contributed by atoms with Crippen molar-refractivity contribution in [3.63, 3.8) is 0 Å². The minimum Gasteiger partial charge on any atom is -0.462 e. The third-order valence-corrected chi connectivity index (χ3v) is 12.6. The number of hydrogen-bond donors (Lipinski definition) is 0. The largest absolute Gasteiger partial charge is 0.462 e. The number of unbranched alkanes of at least 4 members (excludes halogenated alkanes) is 28. The average Bonchev–Trinajstić information content (AvgIpc) is 3.36. The van der Waals surface area contributed by atoms with Gasteiger partial charge in [-0.05, 0) is 122 Å². The fourth-order valence-electron chi connectivity index (χ4n) is 8.10. The topological polar surface area (TPSA) is 78.9 Å². The molecule has 0 fully saturated rings. The summed E-state index contributed by atoms with van der Waals surface area (Å²) in [5, 5.41) is 0. The Bertz CT molecular complexity index is 1350. The molecule has 0 heterocycles. The van der Waals surface area contributed by atoms with Gasteiger partial charge in [-0.15, -0.1) is 0 Å². The third-order valence-electron chi connectivity index (χ3n) is 12.6. The van der Waals surface area contributed by atoms with Gasteiger partial charge >= 0.3 is 17.9 Å². The molecule has 0 amide bonds. The SMILES string of the molecule is CCCCC/C=C\C/C=C\C/C=C\CCCCCCCCC(=O)OCC(COC(=O)CCCCCCC/C=C\C/C=C\CCCCCC)OC(=O)CCCCCCCCC/C=C\C/C=C\CCCCC. The van der Waals surface area contributed by atoms with Gasteiger partial charge in [0.05, 0.1) is 0 Å². The van der Waals surface area contributed by atoms with Crippen LogP contribution in [0.25, 0.3) is 0 Å². The van der Waals surface area contributed by atoms with Crippen molar-refractivity contribution in [3.05, 3.63) is 85.1 Å². The zero-order chi connectivity index (χ0) is 50.7. The normalized spacial score (nSPS) is 12.7. The fourth-order valence-corrected chi connectivity index (χ4v) is 8.10. The molecule has 0 bridgehead atoms. The van der Waals surface area contributed by atoms with Crippen LogP contribution in [0, 0.1) is 0 Å². The molecule has 0 N–H and O–H groups in total. The number of carbonyl (C=O) groups is 3. The highest BCUT2D eigenvalue weighted by Gasteiger charge is 2.19. The Morgan fingerprint density at radius 3 is 0.829 bits per heavy atom. The van der Waals surface area contributed by atoms with Crippen molar-refractivity contribution < 1.29 is 28.6 Å². The Labute approximate surface area is 433 Å². The molecule has 6 nitrogen and oxygen atoms in total. The molecule has 70 heavy (non-hydrogen) atoms. The van der Waals surface area contributed by atoms with Crippen LogP contribution >= 0.6 is 0 Å². The van der Waals surface area contributed by atoms with Crippen LogP contribution in [0.5, 0.6) is 0 Å². The van der Waals surface area contributed by atoms with E-state index in [9.17, 15) is 14.4 Å². The van der Waals surface area contributed by atoms with E-state index < -0.39 is 6.10 Å². The number of allylic oxidation sites excluding steroid dienone is 14. The third kappa shape index (κ3) is 55.5. The first-order valence-electron chi connectivity index (χ1n) is 29.6. The maximum Gasteiger partial charge on any atom is 0.306 e. The van der Waals surface area contributed by atoms with Crippen molar-refractivity contribution in [2.75, 3.05) is 13.2 Å². The quantitative estimate of drug-likeness (QED) is 0.0261. The summed E-state index contributed by atoms with van der Waals surface area (Å²) < 4.78 is 16.9. The maximum atomic E-state index is 12.9. The van der Waals surface area contributed by atoms with E-state index in [1.165, 1.54) is 128 Å². The van der Waals surface area contributed by atoms with Gasteiger partial charge in [0.25, 0.3) is 0 Å². The lowest BCUT2D eigenvalue weighted by Crippen LogP contribution is -2.30. The first-order valence-corrected chi connectivity index (χ1v) is 29.6. The summed E-state index contributed by atoms with van der Waals surface area (Å²) >= 11 is 0. The second-order valence-electron chi connectivity index (χ2n) is 19.5. The molecule has 0 rings (SSSR count). The Hall–Kier alpha value is -3.41. The van der Waals surface area contributed by atoms with Gasteiger partial charge in [-0.1, -0.05) is 228 Å². The molecular formula is C64H110O6. The molecule has 6 heteroatoms. The molecule has 0 radical (unpaired) electrons. The molecule has 0 saturated heterocycles. The van der Waals surface area contributed by atoms with Crippen molar-refractivity contribution in [3.8, 4) is 0 Å². The number of rotatable bonds is 53. The van der Waals surface area contributed by atoms with Crippen LogP contribution in [0.1, 0.15) is 284 Å². The average molecular weight is 976 g/mol. The number of carbonyl (C=O) groups excluding carboxylic acids is 3. The predicted octanol–water partition coefficient (Wildman–Crippen LogP) is 19.9. The Morgan fingerprint density at radius 1 is 0.286 bits per heavy atom. The van der Waals surface area contributed by atoms with E-state index in [1.807, 2.05) is 0 Å². The van der Waals surface area contributed by atoms with E-state index in [4.69, 9.17) is 14.2 Å². The lowest BCUT2D eigenvalue weighted by Gasteiger charge is -2.18.